The number of rotatable bonds is 5. The molecule has 1 saturated carbocycles. The van der Waals surface area contributed by atoms with Crippen LogP contribution in [-0.4, -0.2) is 19.1 Å². The van der Waals surface area contributed by atoms with Crippen LogP contribution in [0.2, 0.25) is 0 Å². The van der Waals surface area contributed by atoms with Gasteiger partial charge in [-0.15, -0.1) is 0 Å². The summed E-state index contributed by atoms with van der Waals surface area (Å²) in [4.78, 5) is 11.5. The van der Waals surface area contributed by atoms with Crippen LogP contribution in [0.5, 0.6) is 0 Å². The molecule has 0 aliphatic heterocycles. The van der Waals surface area contributed by atoms with Gasteiger partial charge in [0, 0.05) is 18.2 Å². The Morgan fingerprint density at radius 3 is 2.89 bits per heavy atom. The van der Waals surface area contributed by atoms with Gasteiger partial charge in [-0.1, -0.05) is 19.3 Å². The molecule has 1 aromatic heterocycles. The van der Waals surface area contributed by atoms with Gasteiger partial charge in [0.05, 0.1) is 13.4 Å². The average molecular weight is 265 g/mol. The topological polar surface area (TPSA) is 51.5 Å². The SMILES string of the molecule is COC(=O)c1occc1CN[C@@H](C)C1CCCCC1. The summed E-state index contributed by atoms with van der Waals surface area (Å²) in [6.45, 7) is 2.88. The molecule has 0 amide bonds. The third-order valence-corrected chi connectivity index (χ3v) is 4.09. The van der Waals surface area contributed by atoms with Crippen molar-refractivity contribution in [3.05, 3.63) is 23.7 Å². The van der Waals surface area contributed by atoms with E-state index in [4.69, 9.17) is 9.15 Å². The molecule has 19 heavy (non-hydrogen) atoms. The summed E-state index contributed by atoms with van der Waals surface area (Å²) in [6.07, 6.45) is 8.21. The number of ether oxygens (including phenoxy) is 1. The van der Waals surface area contributed by atoms with Crippen LogP contribution in [0.1, 0.15) is 55.1 Å². The predicted molar refractivity (Wildman–Crippen MR) is 72.9 cm³/mol. The average Bonchev–Trinajstić information content (AvgIpc) is 2.93. The van der Waals surface area contributed by atoms with Crippen molar-refractivity contribution < 1.29 is 13.9 Å². The maximum Gasteiger partial charge on any atom is 0.374 e. The van der Waals surface area contributed by atoms with Gasteiger partial charge in [0.15, 0.2) is 0 Å². The van der Waals surface area contributed by atoms with E-state index in [1.165, 1.54) is 45.5 Å². The van der Waals surface area contributed by atoms with Gasteiger partial charge in [-0.2, -0.15) is 0 Å². The summed E-state index contributed by atoms with van der Waals surface area (Å²) in [5.74, 6) is 0.653. The Labute approximate surface area is 114 Å². The molecule has 1 fully saturated rings. The van der Waals surface area contributed by atoms with Crippen LogP contribution in [-0.2, 0) is 11.3 Å². The van der Waals surface area contributed by atoms with E-state index < -0.39 is 5.97 Å². The summed E-state index contributed by atoms with van der Waals surface area (Å²) in [7, 11) is 1.37. The minimum absolute atomic E-state index is 0.311. The molecular weight excluding hydrogens is 242 g/mol. The summed E-state index contributed by atoms with van der Waals surface area (Å²) < 4.78 is 9.88. The highest BCUT2D eigenvalue weighted by Gasteiger charge is 2.21. The second kappa shape index (κ2) is 6.75. The highest BCUT2D eigenvalue weighted by atomic mass is 16.5. The van der Waals surface area contributed by atoms with Gasteiger partial charge < -0.3 is 14.5 Å². The van der Waals surface area contributed by atoms with Crippen LogP contribution >= 0.6 is 0 Å². The van der Waals surface area contributed by atoms with Gasteiger partial charge in [-0.05, 0) is 31.7 Å². The minimum Gasteiger partial charge on any atom is -0.463 e. The van der Waals surface area contributed by atoms with Crippen LogP contribution in [0.3, 0.4) is 0 Å². The van der Waals surface area contributed by atoms with Crippen molar-refractivity contribution in [3.63, 3.8) is 0 Å². The highest BCUT2D eigenvalue weighted by molar-refractivity contribution is 5.87. The van der Waals surface area contributed by atoms with E-state index in [2.05, 4.69) is 12.2 Å². The molecule has 106 valence electrons. The third kappa shape index (κ3) is 3.60. The molecule has 2 rings (SSSR count). The Balaban J connectivity index is 1.87. The maximum atomic E-state index is 11.5. The number of esters is 1. The first-order valence-corrected chi connectivity index (χ1v) is 7.10. The summed E-state index contributed by atoms with van der Waals surface area (Å²) in [5.41, 5.74) is 0.870. The lowest BCUT2D eigenvalue weighted by molar-refractivity contribution is 0.0563. The largest absolute Gasteiger partial charge is 0.463 e. The molecule has 0 spiro atoms. The lowest BCUT2D eigenvalue weighted by Crippen LogP contribution is -2.34. The van der Waals surface area contributed by atoms with Gasteiger partial charge in [-0.3, -0.25) is 0 Å². The van der Waals surface area contributed by atoms with E-state index >= 15 is 0 Å². The van der Waals surface area contributed by atoms with E-state index in [9.17, 15) is 4.79 Å². The first-order valence-electron chi connectivity index (χ1n) is 7.10. The number of hydrogen-bond donors (Lipinski definition) is 1. The Kier molecular flexibility index (Phi) is 5.02. The fraction of sp³-hybridized carbons (Fsp3) is 0.667. The second-order valence-electron chi connectivity index (χ2n) is 5.33. The van der Waals surface area contributed by atoms with E-state index in [-0.39, 0.29) is 0 Å². The molecule has 1 aliphatic carbocycles. The normalized spacial score (nSPS) is 18.2. The van der Waals surface area contributed by atoms with E-state index in [0.717, 1.165) is 11.5 Å². The lowest BCUT2D eigenvalue weighted by atomic mass is 9.84. The lowest BCUT2D eigenvalue weighted by Gasteiger charge is -2.28. The highest BCUT2D eigenvalue weighted by Crippen LogP contribution is 2.26. The van der Waals surface area contributed by atoms with Gasteiger partial charge >= 0.3 is 5.97 Å². The quantitative estimate of drug-likeness (QED) is 0.831. The summed E-state index contributed by atoms with van der Waals surface area (Å²) in [5, 5.41) is 3.51. The van der Waals surface area contributed by atoms with Gasteiger partial charge in [0.25, 0.3) is 0 Å². The number of furan rings is 1. The van der Waals surface area contributed by atoms with Gasteiger partial charge in [-0.25, -0.2) is 4.79 Å². The number of methoxy groups -OCH3 is 1. The Bertz CT molecular complexity index is 407. The smallest absolute Gasteiger partial charge is 0.374 e. The molecular formula is C15H23NO3. The van der Waals surface area contributed by atoms with E-state index in [0.29, 0.717) is 18.3 Å². The van der Waals surface area contributed by atoms with E-state index in [1.807, 2.05) is 6.07 Å². The van der Waals surface area contributed by atoms with Crippen LogP contribution in [0.15, 0.2) is 16.7 Å². The van der Waals surface area contributed by atoms with Crippen LogP contribution in [0.4, 0.5) is 0 Å². The monoisotopic (exact) mass is 265 g/mol. The zero-order valence-electron chi connectivity index (χ0n) is 11.8. The molecule has 1 N–H and O–H groups in total. The molecule has 0 saturated heterocycles. The zero-order valence-corrected chi connectivity index (χ0v) is 11.8. The summed E-state index contributed by atoms with van der Waals surface area (Å²) in [6, 6.07) is 2.30. The van der Waals surface area contributed by atoms with Crippen LogP contribution in [0.25, 0.3) is 0 Å². The standard InChI is InChI=1S/C15H23NO3/c1-11(12-6-4-3-5-7-12)16-10-13-8-9-19-14(13)15(17)18-2/h8-9,11-12,16H,3-7,10H2,1-2H3/t11-/m0/s1. The zero-order chi connectivity index (χ0) is 13.7. The Hall–Kier alpha value is -1.29. The van der Waals surface area contributed by atoms with Crippen molar-refractivity contribution in [2.24, 2.45) is 5.92 Å². The van der Waals surface area contributed by atoms with Crippen molar-refractivity contribution in [1.29, 1.82) is 0 Å². The Morgan fingerprint density at radius 1 is 1.47 bits per heavy atom. The number of nitrogens with one attached hydrogen (secondary N) is 1. The van der Waals surface area contributed by atoms with Crippen molar-refractivity contribution >= 4 is 5.97 Å². The van der Waals surface area contributed by atoms with Gasteiger partial charge in [0.2, 0.25) is 5.76 Å². The maximum absolute atomic E-state index is 11.5. The van der Waals surface area contributed by atoms with Crippen molar-refractivity contribution in [3.8, 4) is 0 Å². The van der Waals surface area contributed by atoms with Crippen molar-refractivity contribution in [1.82, 2.24) is 5.32 Å². The van der Waals surface area contributed by atoms with Crippen LogP contribution in [0, 0.1) is 5.92 Å². The third-order valence-electron chi connectivity index (χ3n) is 4.09. The van der Waals surface area contributed by atoms with Gasteiger partial charge in [0.1, 0.15) is 0 Å². The first kappa shape index (κ1) is 14.1. The molecule has 1 aromatic rings. The molecule has 0 radical (unpaired) electrons. The number of carbonyl (C=O) groups is 1. The molecule has 1 heterocycles. The number of carbonyl (C=O) groups excluding carboxylic acids is 1. The molecule has 1 aliphatic rings. The fourth-order valence-electron chi connectivity index (χ4n) is 2.82. The molecule has 1 atom stereocenters. The molecule has 4 heteroatoms. The molecule has 0 bridgehead atoms. The fourth-order valence-corrected chi connectivity index (χ4v) is 2.82. The van der Waals surface area contributed by atoms with E-state index in [1.54, 1.807) is 0 Å². The number of hydrogen-bond acceptors (Lipinski definition) is 4. The summed E-state index contributed by atoms with van der Waals surface area (Å²) >= 11 is 0. The molecule has 0 aromatic carbocycles. The predicted octanol–water partition coefficient (Wildman–Crippen LogP) is 3.12. The van der Waals surface area contributed by atoms with Crippen LogP contribution < -0.4 is 5.32 Å². The first-order chi connectivity index (χ1) is 9.22. The molecule has 0 unspecified atom stereocenters. The second-order valence-corrected chi connectivity index (χ2v) is 5.33. The minimum atomic E-state index is -0.410. The van der Waals surface area contributed by atoms with Crippen molar-refractivity contribution in [2.75, 3.05) is 7.11 Å². The van der Waals surface area contributed by atoms with Crippen molar-refractivity contribution in [2.45, 2.75) is 51.6 Å². The molecule has 4 nitrogen and oxygen atoms in total. The Morgan fingerprint density at radius 2 is 2.21 bits per heavy atom.